The number of halogens is 2. The molecule has 2 aromatic carbocycles. The predicted molar refractivity (Wildman–Crippen MR) is 129 cm³/mol. The van der Waals surface area contributed by atoms with Gasteiger partial charge in [-0.3, -0.25) is 4.99 Å². The minimum absolute atomic E-state index is 0. The van der Waals surface area contributed by atoms with Crippen LogP contribution in [-0.2, 0) is 6.54 Å². The van der Waals surface area contributed by atoms with E-state index in [2.05, 4.69) is 15.6 Å². The van der Waals surface area contributed by atoms with Gasteiger partial charge in [-0.1, -0.05) is 12.1 Å². The number of ether oxygens (including phenoxy) is 3. The van der Waals surface area contributed by atoms with E-state index in [1.165, 1.54) is 13.2 Å². The van der Waals surface area contributed by atoms with Crippen LogP contribution in [0.25, 0.3) is 0 Å². The monoisotopic (exact) mass is 531 g/mol. The van der Waals surface area contributed by atoms with Crippen LogP contribution in [0.2, 0.25) is 0 Å². The second-order valence-corrected chi connectivity index (χ2v) is 6.33. The van der Waals surface area contributed by atoms with Gasteiger partial charge in [0.25, 0.3) is 0 Å². The van der Waals surface area contributed by atoms with Crippen molar-refractivity contribution in [2.24, 2.45) is 4.99 Å². The van der Waals surface area contributed by atoms with Crippen LogP contribution in [-0.4, -0.2) is 33.3 Å². The minimum atomic E-state index is -0.388. The lowest BCUT2D eigenvalue weighted by Crippen LogP contribution is -2.38. The first-order valence-electron chi connectivity index (χ1n) is 9.71. The molecule has 0 aliphatic rings. The Labute approximate surface area is 195 Å². The Hall–Kier alpha value is -2.23. The minimum Gasteiger partial charge on any atom is -0.494 e. The standard InChI is InChI=1S/C22H30FN3O3.HI/c1-6-28-20-11-9-17(13-21(20)29-7-2)15(3)26-22(24-4)25-14-16-8-10-19(27-5)18(23)12-16;/h8-13,15H,6-7,14H2,1-5H3,(H2,24,25,26);1H. The molecule has 0 amide bonds. The average Bonchev–Trinajstić information content (AvgIpc) is 2.72. The van der Waals surface area contributed by atoms with E-state index in [1.807, 2.05) is 45.0 Å². The van der Waals surface area contributed by atoms with E-state index >= 15 is 0 Å². The van der Waals surface area contributed by atoms with Crippen molar-refractivity contribution in [2.45, 2.75) is 33.4 Å². The molecule has 2 rings (SSSR count). The summed E-state index contributed by atoms with van der Waals surface area (Å²) in [7, 11) is 3.14. The molecule has 30 heavy (non-hydrogen) atoms. The number of methoxy groups -OCH3 is 1. The van der Waals surface area contributed by atoms with Gasteiger partial charge in [0, 0.05) is 13.6 Å². The van der Waals surface area contributed by atoms with Gasteiger partial charge in [0.1, 0.15) is 0 Å². The van der Waals surface area contributed by atoms with Crippen molar-refractivity contribution in [3.63, 3.8) is 0 Å². The highest BCUT2D eigenvalue weighted by Crippen LogP contribution is 2.30. The highest BCUT2D eigenvalue weighted by molar-refractivity contribution is 14.0. The van der Waals surface area contributed by atoms with Gasteiger partial charge < -0.3 is 24.8 Å². The second-order valence-electron chi connectivity index (χ2n) is 6.33. The molecule has 0 aliphatic carbocycles. The molecule has 0 fully saturated rings. The molecule has 1 unspecified atom stereocenters. The maximum absolute atomic E-state index is 13.9. The van der Waals surface area contributed by atoms with Crippen LogP contribution in [0.3, 0.4) is 0 Å². The highest BCUT2D eigenvalue weighted by Gasteiger charge is 2.13. The molecule has 0 radical (unpaired) electrons. The Bertz CT molecular complexity index is 833. The van der Waals surface area contributed by atoms with Crippen molar-refractivity contribution in [3.05, 3.63) is 53.3 Å². The number of aliphatic imine (C=N–C) groups is 1. The number of guanidine groups is 1. The molecular formula is C22H31FIN3O3. The Balaban J connectivity index is 0.00000450. The number of rotatable bonds is 9. The fourth-order valence-electron chi connectivity index (χ4n) is 2.83. The molecule has 0 aromatic heterocycles. The van der Waals surface area contributed by atoms with Crippen molar-refractivity contribution in [2.75, 3.05) is 27.4 Å². The number of nitrogens with one attached hydrogen (secondary N) is 2. The van der Waals surface area contributed by atoms with E-state index in [9.17, 15) is 4.39 Å². The van der Waals surface area contributed by atoms with Gasteiger partial charge >= 0.3 is 0 Å². The number of benzene rings is 2. The van der Waals surface area contributed by atoms with Gasteiger partial charge in [-0.2, -0.15) is 0 Å². The topological polar surface area (TPSA) is 64.1 Å². The van der Waals surface area contributed by atoms with E-state index in [-0.39, 0.29) is 41.6 Å². The van der Waals surface area contributed by atoms with Crippen molar-refractivity contribution in [1.82, 2.24) is 10.6 Å². The van der Waals surface area contributed by atoms with Crippen molar-refractivity contribution in [1.29, 1.82) is 0 Å². The van der Waals surface area contributed by atoms with Gasteiger partial charge in [0.15, 0.2) is 29.0 Å². The van der Waals surface area contributed by atoms with Crippen molar-refractivity contribution in [3.8, 4) is 17.2 Å². The van der Waals surface area contributed by atoms with E-state index in [0.717, 1.165) is 22.6 Å². The lowest BCUT2D eigenvalue weighted by molar-refractivity contribution is 0.287. The van der Waals surface area contributed by atoms with Crippen LogP contribution in [0.15, 0.2) is 41.4 Å². The summed E-state index contributed by atoms with van der Waals surface area (Å²) in [5, 5.41) is 6.53. The Morgan fingerprint density at radius 3 is 2.30 bits per heavy atom. The average molecular weight is 531 g/mol. The van der Waals surface area contributed by atoms with Crippen LogP contribution in [0.1, 0.15) is 37.9 Å². The fraction of sp³-hybridized carbons (Fsp3) is 0.409. The molecule has 0 heterocycles. The zero-order chi connectivity index (χ0) is 21.2. The molecule has 166 valence electrons. The predicted octanol–water partition coefficient (Wildman–Crippen LogP) is 4.68. The molecule has 8 heteroatoms. The fourth-order valence-corrected chi connectivity index (χ4v) is 2.83. The first kappa shape index (κ1) is 25.8. The third-order valence-corrected chi connectivity index (χ3v) is 4.32. The molecule has 2 aromatic rings. The van der Waals surface area contributed by atoms with Crippen LogP contribution in [0.5, 0.6) is 17.2 Å². The number of nitrogens with zero attached hydrogens (tertiary/aromatic N) is 1. The maximum atomic E-state index is 13.9. The van der Waals surface area contributed by atoms with Crippen LogP contribution >= 0.6 is 24.0 Å². The third-order valence-electron chi connectivity index (χ3n) is 4.32. The number of hydrogen-bond acceptors (Lipinski definition) is 4. The molecular weight excluding hydrogens is 500 g/mol. The zero-order valence-electron chi connectivity index (χ0n) is 18.1. The van der Waals surface area contributed by atoms with Gasteiger partial charge in [0.2, 0.25) is 0 Å². The summed E-state index contributed by atoms with van der Waals surface area (Å²) < 4.78 is 30.1. The van der Waals surface area contributed by atoms with Crippen LogP contribution in [0, 0.1) is 5.82 Å². The third kappa shape index (κ3) is 7.23. The summed E-state index contributed by atoms with van der Waals surface area (Å²) in [6.45, 7) is 7.49. The van der Waals surface area contributed by atoms with Gasteiger partial charge in [0.05, 0.1) is 26.4 Å². The van der Waals surface area contributed by atoms with E-state index in [1.54, 1.807) is 13.1 Å². The van der Waals surface area contributed by atoms with Gasteiger partial charge in [-0.15, -0.1) is 24.0 Å². The SMILES string of the molecule is CCOc1ccc(C(C)NC(=NC)NCc2ccc(OC)c(F)c2)cc1OCC.I. The van der Waals surface area contributed by atoms with Crippen molar-refractivity contribution < 1.29 is 18.6 Å². The largest absolute Gasteiger partial charge is 0.494 e. The molecule has 6 nitrogen and oxygen atoms in total. The molecule has 0 saturated heterocycles. The second kappa shape index (κ2) is 13.1. The van der Waals surface area contributed by atoms with E-state index in [4.69, 9.17) is 14.2 Å². The first-order valence-corrected chi connectivity index (χ1v) is 9.71. The van der Waals surface area contributed by atoms with Gasteiger partial charge in [-0.05, 0) is 56.2 Å². The Morgan fingerprint density at radius 2 is 1.70 bits per heavy atom. The molecule has 0 spiro atoms. The van der Waals surface area contributed by atoms with Gasteiger partial charge in [-0.25, -0.2) is 4.39 Å². The summed E-state index contributed by atoms with van der Waals surface area (Å²) in [4.78, 5) is 4.25. The molecule has 2 N–H and O–H groups in total. The molecule has 0 saturated carbocycles. The zero-order valence-corrected chi connectivity index (χ0v) is 20.5. The van der Waals surface area contributed by atoms with E-state index in [0.29, 0.717) is 25.7 Å². The van der Waals surface area contributed by atoms with Crippen molar-refractivity contribution >= 4 is 29.9 Å². The molecule has 0 aliphatic heterocycles. The van der Waals surface area contributed by atoms with Crippen LogP contribution < -0.4 is 24.8 Å². The first-order chi connectivity index (χ1) is 14.0. The number of hydrogen-bond donors (Lipinski definition) is 2. The summed E-state index contributed by atoms with van der Waals surface area (Å²) in [5.74, 6) is 1.90. The highest BCUT2D eigenvalue weighted by atomic mass is 127. The summed E-state index contributed by atoms with van der Waals surface area (Å²) >= 11 is 0. The summed E-state index contributed by atoms with van der Waals surface area (Å²) in [5.41, 5.74) is 1.83. The maximum Gasteiger partial charge on any atom is 0.191 e. The summed E-state index contributed by atoms with van der Waals surface area (Å²) in [6, 6.07) is 10.7. The quantitative estimate of drug-likeness (QED) is 0.280. The normalized spacial score (nSPS) is 11.9. The van der Waals surface area contributed by atoms with Crippen LogP contribution in [0.4, 0.5) is 4.39 Å². The Morgan fingerprint density at radius 1 is 1.03 bits per heavy atom. The molecule has 0 bridgehead atoms. The Kier molecular flexibility index (Phi) is 11.3. The van der Waals surface area contributed by atoms with E-state index < -0.39 is 0 Å². The summed E-state index contributed by atoms with van der Waals surface area (Å²) in [6.07, 6.45) is 0. The molecule has 1 atom stereocenters. The lowest BCUT2D eigenvalue weighted by atomic mass is 10.1. The lowest BCUT2D eigenvalue weighted by Gasteiger charge is -2.20. The smallest absolute Gasteiger partial charge is 0.191 e.